The number of thiol groups is 1. The lowest BCUT2D eigenvalue weighted by Crippen LogP contribution is -2.19. The molecule has 0 unspecified atom stereocenters. The highest BCUT2D eigenvalue weighted by molar-refractivity contribution is 7.80. The van der Waals surface area contributed by atoms with Gasteiger partial charge in [0, 0.05) is 10.3 Å². The molecule has 0 atom stereocenters. The van der Waals surface area contributed by atoms with Gasteiger partial charge in [-0.3, -0.25) is 0 Å². The molecule has 16 heavy (non-hydrogen) atoms. The summed E-state index contributed by atoms with van der Waals surface area (Å²) < 4.78 is 0. The summed E-state index contributed by atoms with van der Waals surface area (Å²) in [6.07, 6.45) is 0. The van der Waals surface area contributed by atoms with Crippen LogP contribution in [0.4, 0.5) is 0 Å². The molecular formula is C15H16S. The molecule has 82 valence electrons. The van der Waals surface area contributed by atoms with Crippen LogP contribution in [0.3, 0.4) is 0 Å². The predicted octanol–water partition coefficient (Wildman–Crippen LogP) is 4.30. The minimum absolute atomic E-state index is 0.000394. The second-order valence-electron chi connectivity index (χ2n) is 4.51. The Hall–Kier alpha value is -1.21. The standard InChI is InChI=1S/C15H16S/c1-15(2,12-8-4-3-5-9-12)13-10-6-7-11-14(13)16/h3-11,16H,1-2H3. The van der Waals surface area contributed by atoms with Crippen molar-refractivity contribution < 1.29 is 0 Å². The van der Waals surface area contributed by atoms with E-state index in [2.05, 4.69) is 62.9 Å². The summed E-state index contributed by atoms with van der Waals surface area (Å²) in [5.41, 5.74) is 2.58. The van der Waals surface area contributed by atoms with Crippen LogP contribution >= 0.6 is 12.6 Å². The quantitative estimate of drug-likeness (QED) is 0.728. The van der Waals surface area contributed by atoms with E-state index in [0.717, 1.165) is 4.90 Å². The monoisotopic (exact) mass is 228 g/mol. The van der Waals surface area contributed by atoms with Crippen LogP contribution in [0.1, 0.15) is 25.0 Å². The Morgan fingerprint density at radius 1 is 0.812 bits per heavy atom. The molecule has 2 aromatic carbocycles. The van der Waals surface area contributed by atoms with E-state index in [1.807, 2.05) is 18.2 Å². The van der Waals surface area contributed by atoms with Crippen molar-refractivity contribution in [2.45, 2.75) is 24.2 Å². The highest BCUT2D eigenvalue weighted by Crippen LogP contribution is 2.34. The van der Waals surface area contributed by atoms with Gasteiger partial charge in [-0.2, -0.15) is 0 Å². The van der Waals surface area contributed by atoms with Gasteiger partial charge in [0.25, 0.3) is 0 Å². The Kier molecular flexibility index (Phi) is 3.06. The molecule has 2 rings (SSSR count). The molecule has 0 aliphatic heterocycles. The SMILES string of the molecule is CC(C)(c1ccccc1)c1ccccc1S. The first-order chi connectivity index (χ1) is 7.62. The van der Waals surface area contributed by atoms with E-state index in [4.69, 9.17) is 0 Å². The summed E-state index contributed by atoms with van der Waals surface area (Å²) in [5, 5.41) is 0. The third-order valence-electron chi connectivity index (χ3n) is 3.07. The second-order valence-corrected chi connectivity index (χ2v) is 4.99. The van der Waals surface area contributed by atoms with Gasteiger partial charge in [0.15, 0.2) is 0 Å². The van der Waals surface area contributed by atoms with Gasteiger partial charge in [0.05, 0.1) is 0 Å². The third kappa shape index (κ3) is 2.00. The number of hydrogen-bond donors (Lipinski definition) is 1. The van der Waals surface area contributed by atoms with Gasteiger partial charge >= 0.3 is 0 Å². The lowest BCUT2D eigenvalue weighted by Gasteiger charge is -2.27. The van der Waals surface area contributed by atoms with E-state index >= 15 is 0 Å². The van der Waals surface area contributed by atoms with Gasteiger partial charge in [-0.05, 0) is 17.2 Å². The molecule has 0 aliphatic rings. The maximum Gasteiger partial charge on any atom is 0.0157 e. The van der Waals surface area contributed by atoms with Gasteiger partial charge in [-0.15, -0.1) is 12.6 Å². The van der Waals surface area contributed by atoms with Crippen LogP contribution in [-0.2, 0) is 5.41 Å². The Morgan fingerprint density at radius 2 is 1.38 bits per heavy atom. The summed E-state index contributed by atoms with van der Waals surface area (Å²) in [5.74, 6) is 0. The zero-order valence-corrected chi connectivity index (χ0v) is 10.5. The molecule has 0 nitrogen and oxygen atoms in total. The first-order valence-electron chi connectivity index (χ1n) is 5.46. The predicted molar refractivity (Wildman–Crippen MR) is 72.3 cm³/mol. The molecule has 0 N–H and O–H groups in total. The van der Waals surface area contributed by atoms with Crippen LogP contribution in [0.5, 0.6) is 0 Å². The van der Waals surface area contributed by atoms with Crippen molar-refractivity contribution >= 4 is 12.6 Å². The average molecular weight is 228 g/mol. The Bertz CT molecular complexity index is 472. The second kappa shape index (κ2) is 4.34. The smallest absolute Gasteiger partial charge is 0.0157 e. The van der Waals surface area contributed by atoms with Crippen LogP contribution < -0.4 is 0 Å². The Morgan fingerprint density at radius 3 is 2.00 bits per heavy atom. The zero-order chi connectivity index (χ0) is 11.6. The minimum atomic E-state index is -0.000394. The van der Waals surface area contributed by atoms with E-state index in [1.54, 1.807) is 0 Å². The number of hydrogen-bond acceptors (Lipinski definition) is 1. The normalized spacial score (nSPS) is 11.4. The molecule has 0 saturated carbocycles. The molecule has 2 aromatic rings. The van der Waals surface area contributed by atoms with Crippen LogP contribution in [0.2, 0.25) is 0 Å². The van der Waals surface area contributed by atoms with Gasteiger partial charge in [-0.25, -0.2) is 0 Å². The van der Waals surface area contributed by atoms with Gasteiger partial charge in [0.2, 0.25) is 0 Å². The lowest BCUT2D eigenvalue weighted by molar-refractivity contribution is 0.627. The van der Waals surface area contributed by atoms with E-state index < -0.39 is 0 Å². The molecule has 0 aliphatic carbocycles. The number of rotatable bonds is 2. The Labute approximate surface area is 103 Å². The minimum Gasteiger partial charge on any atom is -0.143 e. The molecule has 0 bridgehead atoms. The molecule has 0 heterocycles. The first kappa shape index (κ1) is 11.3. The average Bonchev–Trinajstić information content (AvgIpc) is 2.30. The van der Waals surface area contributed by atoms with Crippen molar-refractivity contribution in [2.75, 3.05) is 0 Å². The van der Waals surface area contributed by atoms with E-state index in [-0.39, 0.29) is 5.41 Å². The van der Waals surface area contributed by atoms with Gasteiger partial charge < -0.3 is 0 Å². The fourth-order valence-electron chi connectivity index (χ4n) is 2.01. The molecule has 0 aromatic heterocycles. The summed E-state index contributed by atoms with van der Waals surface area (Å²) in [7, 11) is 0. The lowest BCUT2D eigenvalue weighted by atomic mass is 9.78. The van der Waals surface area contributed by atoms with Crippen molar-refractivity contribution in [3.63, 3.8) is 0 Å². The summed E-state index contributed by atoms with van der Waals surface area (Å²) in [6, 6.07) is 18.8. The summed E-state index contributed by atoms with van der Waals surface area (Å²) >= 11 is 4.54. The molecule has 0 fully saturated rings. The molecular weight excluding hydrogens is 212 g/mol. The third-order valence-corrected chi connectivity index (χ3v) is 3.46. The topological polar surface area (TPSA) is 0 Å². The largest absolute Gasteiger partial charge is 0.143 e. The first-order valence-corrected chi connectivity index (χ1v) is 5.91. The van der Waals surface area contributed by atoms with Crippen LogP contribution in [-0.4, -0.2) is 0 Å². The molecule has 1 heteroatoms. The van der Waals surface area contributed by atoms with Crippen molar-refractivity contribution in [3.8, 4) is 0 Å². The fraction of sp³-hybridized carbons (Fsp3) is 0.200. The van der Waals surface area contributed by atoms with E-state index in [1.165, 1.54) is 11.1 Å². The van der Waals surface area contributed by atoms with Gasteiger partial charge in [0.1, 0.15) is 0 Å². The molecule has 0 amide bonds. The van der Waals surface area contributed by atoms with Gasteiger partial charge in [-0.1, -0.05) is 62.4 Å². The van der Waals surface area contributed by atoms with E-state index in [0.29, 0.717) is 0 Å². The number of benzene rings is 2. The van der Waals surface area contributed by atoms with Crippen molar-refractivity contribution in [3.05, 3.63) is 65.7 Å². The zero-order valence-electron chi connectivity index (χ0n) is 9.64. The van der Waals surface area contributed by atoms with Crippen LogP contribution in [0, 0.1) is 0 Å². The fourth-order valence-corrected chi connectivity index (χ4v) is 2.45. The van der Waals surface area contributed by atoms with Crippen LogP contribution in [0.25, 0.3) is 0 Å². The Balaban J connectivity index is 2.51. The molecule has 0 radical (unpaired) electrons. The summed E-state index contributed by atoms with van der Waals surface area (Å²) in [6.45, 7) is 4.47. The summed E-state index contributed by atoms with van der Waals surface area (Å²) in [4.78, 5) is 1.05. The van der Waals surface area contributed by atoms with E-state index in [9.17, 15) is 0 Å². The van der Waals surface area contributed by atoms with Crippen LogP contribution in [0.15, 0.2) is 59.5 Å². The maximum atomic E-state index is 4.54. The highest BCUT2D eigenvalue weighted by atomic mass is 32.1. The van der Waals surface area contributed by atoms with Crippen molar-refractivity contribution in [1.29, 1.82) is 0 Å². The van der Waals surface area contributed by atoms with Crippen molar-refractivity contribution in [2.24, 2.45) is 0 Å². The maximum absolute atomic E-state index is 4.54. The molecule has 0 spiro atoms. The van der Waals surface area contributed by atoms with Crippen molar-refractivity contribution in [1.82, 2.24) is 0 Å². The highest BCUT2D eigenvalue weighted by Gasteiger charge is 2.24. The molecule has 0 saturated heterocycles.